The molecule has 11 heteroatoms. The van der Waals surface area contributed by atoms with Gasteiger partial charge in [-0.25, -0.2) is 14.2 Å². The molecule has 0 aliphatic carbocycles. The third-order valence-electron chi connectivity index (χ3n) is 5.87. The highest BCUT2D eigenvalue weighted by Gasteiger charge is 2.23. The van der Waals surface area contributed by atoms with E-state index in [4.69, 9.17) is 5.73 Å². The van der Waals surface area contributed by atoms with Crippen molar-refractivity contribution in [3.05, 3.63) is 81.7 Å². The molecule has 4 aromatic rings. The Morgan fingerprint density at radius 1 is 1.14 bits per heavy atom. The van der Waals surface area contributed by atoms with Crippen molar-refractivity contribution in [2.75, 3.05) is 5.32 Å². The van der Waals surface area contributed by atoms with Crippen LogP contribution in [0.25, 0.3) is 21.7 Å². The topological polar surface area (TPSA) is 167 Å². The number of aromatic amines is 1. The van der Waals surface area contributed by atoms with E-state index in [-0.39, 0.29) is 24.0 Å². The van der Waals surface area contributed by atoms with Gasteiger partial charge in [-0.15, -0.1) is 0 Å². The fourth-order valence-corrected chi connectivity index (χ4v) is 4.03. The number of fused-ring (bicyclic) bond motifs is 3. The van der Waals surface area contributed by atoms with Crippen LogP contribution in [0.1, 0.15) is 34.6 Å². The number of aromatic nitrogens is 2. The Balaban J connectivity index is 1.49. The number of anilines is 1. The number of primary amides is 1. The number of rotatable bonds is 9. The number of nitrogens with two attached hydrogens (primary N) is 1. The highest BCUT2D eigenvalue weighted by atomic mass is 19.1. The first kappa shape index (κ1) is 25.3. The molecule has 0 spiro atoms. The molecule has 0 bridgehead atoms. The Morgan fingerprint density at radius 3 is 2.59 bits per heavy atom. The van der Waals surface area contributed by atoms with Gasteiger partial charge in [0.1, 0.15) is 17.7 Å². The van der Waals surface area contributed by atoms with Gasteiger partial charge in [-0.05, 0) is 60.0 Å². The first-order chi connectivity index (χ1) is 17.6. The van der Waals surface area contributed by atoms with Crippen molar-refractivity contribution in [2.24, 2.45) is 5.73 Å². The second-order valence-electron chi connectivity index (χ2n) is 8.58. The highest BCUT2D eigenvalue weighted by Crippen LogP contribution is 2.24. The van der Waals surface area contributed by atoms with Gasteiger partial charge in [-0.2, -0.15) is 0 Å². The van der Waals surface area contributed by atoms with Crippen LogP contribution in [0.5, 0.6) is 0 Å². The Hall–Kier alpha value is -4.80. The second kappa shape index (κ2) is 10.4. The SMILES string of the molecule is Cc1nc2ccc3ccc(CNc4ccc(C(=O)N[C@@H](CCC(N)=O)C(=O)O)c(F)c4)cc3c2c(=O)[nH]1. The van der Waals surface area contributed by atoms with Crippen molar-refractivity contribution in [3.63, 3.8) is 0 Å². The molecule has 0 aliphatic heterocycles. The molecule has 1 atom stereocenters. The van der Waals surface area contributed by atoms with Gasteiger partial charge in [-0.1, -0.05) is 18.2 Å². The maximum Gasteiger partial charge on any atom is 0.326 e. The van der Waals surface area contributed by atoms with Crippen molar-refractivity contribution < 1.29 is 23.9 Å². The zero-order valence-electron chi connectivity index (χ0n) is 19.8. The van der Waals surface area contributed by atoms with E-state index in [1.54, 1.807) is 13.0 Å². The van der Waals surface area contributed by atoms with E-state index < -0.39 is 29.6 Å². The summed E-state index contributed by atoms with van der Waals surface area (Å²) in [7, 11) is 0. The van der Waals surface area contributed by atoms with Crippen LogP contribution in [-0.2, 0) is 16.1 Å². The first-order valence-electron chi connectivity index (χ1n) is 11.4. The minimum Gasteiger partial charge on any atom is -0.480 e. The first-order valence-corrected chi connectivity index (χ1v) is 11.4. The molecule has 3 aromatic carbocycles. The fraction of sp³-hybridized carbons (Fsp3) is 0.192. The van der Waals surface area contributed by atoms with Gasteiger partial charge in [0.2, 0.25) is 5.91 Å². The number of carboxylic acids is 1. The zero-order chi connectivity index (χ0) is 26.7. The number of nitrogens with one attached hydrogen (secondary N) is 3. The minimum atomic E-state index is -1.38. The van der Waals surface area contributed by atoms with Gasteiger partial charge in [0.25, 0.3) is 11.5 Å². The van der Waals surface area contributed by atoms with E-state index in [1.165, 1.54) is 12.1 Å². The number of carbonyl (C=O) groups is 3. The maximum atomic E-state index is 14.7. The summed E-state index contributed by atoms with van der Waals surface area (Å²) in [5.41, 5.74) is 6.28. The van der Waals surface area contributed by atoms with Crippen LogP contribution >= 0.6 is 0 Å². The third-order valence-corrected chi connectivity index (χ3v) is 5.87. The number of H-pyrrole nitrogens is 1. The molecule has 0 radical (unpaired) electrons. The van der Waals surface area contributed by atoms with E-state index in [0.29, 0.717) is 29.0 Å². The monoisotopic (exact) mass is 505 g/mol. The summed E-state index contributed by atoms with van der Waals surface area (Å²) in [6.45, 7) is 2.02. The molecule has 1 aromatic heterocycles. The summed E-state index contributed by atoms with van der Waals surface area (Å²) in [4.78, 5) is 54.3. The predicted octanol–water partition coefficient (Wildman–Crippen LogP) is 2.58. The summed E-state index contributed by atoms with van der Waals surface area (Å²) in [6.07, 6.45) is -0.446. The van der Waals surface area contributed by atoms with Crippen LogP contribution in [0.2, 0.25) is 0 Å². The Morgan fingerprint density at radius 2 is 1.89 bits per heavy atom. The molecule has 190 valence electrons. The molecule has 0 saturated carbocycles. The Kier molecular flexibility index (Phi) is 7.14. The molecule has 0 unspecified atom stereocenters. The van der Waals surface area contributed by atoms with Crippen molar-refractivity contribution in [3.8, 4) is 0 Å². The third kappa shape index (κ3) is 5.72. The van der Waals surface area contributed by atoms with Gasteiger partial charge in [0, 0.05) is 18.7 Å². The quantitative estimate of drug-likeness (QED) is 0.218. The fourth-order valence-electron chi connectivity index (χ4n) is 4.03. The number of benzene rings is 3. The van der Waals surface area contributed by atoms with Crippen LogP contribution in [0.15, 0.2) is 53.3 Å². The summed E-state index contributed by atoms with van der Waals surface area (Å²) >= 11 is 0. The van der Waals surface area contributed by atoms with Gasteiger partial charge in [0.05, 0.1) is 16.5 Å². The number of aryl methyl sites for hydroxylation is 1. The number of hydrogen-bond donors (Lipinski definition) is 5. The van der Waals surface area contributed by atoms with Crippen molar-refractivity contribution in [1.29, 1.82) is 0 Å². The highest BCUT2D eigenvalue weighted by molar-refractivity contribution is 6.05. The molecule has 0 aliphatic rings. The van der Waals surface area contributed by atoms with E-state index in [0.717, 1.165) is 22.4 Å². The number of nitrogens with zero attached hydrogens (tertiary/aromatic N) is 1. The Bertz CT molecular complexity index is 1600. The predicted molar refractivity (Wildman–Crippen MR) is 136 cm³/mol. The maximum absolute atomic E-state index is 14.7. The van der Waals surface area contributed by atoms with Crippen molar-refractivity contribution in [1.82, 2.24) is 15.3 Å². The lowest BCUT2D eigenvalue weighted by Gasteiger charge is -2.15. The van der Waals surface area contributed by atoms with E-state index in [2.05, 4.69) is 20.6 Å². The Labute approximate surface area is 209 Å². The molecular weight excluding hydrogens is 481 g/mol. The summed E-state index contributed by atoms with van der Waals surface area (Å²) in [5, 5.41) is 16.6. The second-order valence-corrected chi connectivity index (χ2v) is 8.58. The number of aliphatic carboxylic acids is 1. The van der Waals surface area contributed by atoms with Gasteiger partial charge < -0.3 is 26.5 Å². The van der Waals surface area contributed by atoms with Crippen LogP contribution < -0.4 is 21.9 Å². The lowest BCUT2D eigenvalue weighted by atomic mass is 10.0. The van der Waals surface area contributed by atoms with Crippen LogP contribution in [0.4, 0.5) is 10.1 Å². The molecule has 4 rings (SSSR count). The summed E-state index contributed by atoms with van der Waals surface area (Å²) < 4.78 is 14.7. The van der Waals surface area contributed by atoms with Crippen LogP contribution in [-0.4, -0.2) is 38.9 Å². The summed E-state index contributed by atoms with van der Waals surface area (Å²) in [5.74, 6) is -3.31. The molecule has 6 N–H and O–H groups in total. The minimum absolute atomic E-state index is 0.208. The normalized spacial score (nSPS) is 11.8. The smallest absolute Gasteiger partial charge is 0.326 e. The van der Waals surface area contributed by atoms with Crippen molar-refractivity contribution >= 4 is 45.1 Å². The van der Waals surface area contributed by atoms with Gasteiger partial charge >= 0.3 is 5.97 Å². The standard InChI is InChI=1S/C26H24FN5O5/c1-13-30-20-7-4-15-3-2-14(10-18(15)23(20)25(35)31-13)12-29-16-5-6-17(19(27)11-16)24(34)32-21(26(36)37)8-9-22(28)33/h2-7,10-11,21,29H,8-9,12H2,1H3,(H2,28,33)(H,32,34)(H,36,37)(H,30,31,35)/t21-/m0/s1. The van der Waals surface area contributed by atoms with E-state index >= 15 is 0 Å². The molecular formula is C26H24FN5O5. The molecule has 10 nitrogen and oxygen atoms in total. The largest absolute Gasteiger partial charge is 0.480 e. The molecule has 37 heavy (non-hydrogen) atoms. The number of hydrogen-bond acceptors (Lipinski definition) is 6. The van der Waals surface area contributed by atoms with Crippen LogP contribution in [0.3, 0.4) is 0 Å². The molecule has 1 heterocycles. The van der Waals surface area contributed by atoms with Crippen LogP contribution in [0, 0.1) is 12.7 Å². The molecule has 0 saturated heterocycles. The lowest BCUT2D eigenvalue weighted by Crippen LogP contribution is -2.41. The average molecular weight is 506 g/mol. The lowest BCUT2D eigenvalue weighted by molar-refractivity contribution is -0.139. The number of carbonyl (C=O) groups excluding carboxylic acids is 2. The summed E-state index contributed by atoms with van der Waals surface area (Å²) in [6, 6.07) is 11.8. The number of amides is 2. The zero-order valence-corrected chi connectivity index (χ0v) is 19.8. The van der Waals surface area contributed by atoms with E-state index in [1.807, 2.05) is 24.3 Å². The van der Waals surface area contributed by atoms with E-state index in [9.17, 15) is 28.7 Å². The molecule has 0 fully saturated rings. The van der Waals surface area contributed by atoms with Gasteiger partial charge in [0.15, 0.2) is 0 Å². The molecule has 2 amide bonds. The average Bonchev–Trinajstić information content (AvgIpc) is 2.84. The number of halogens is 1. The van der Waals surface area contributed by atoms with Gasteiger partial charge in [-0.3, -0.25) is 14.4 Å². The van der Waals surface area contributed by atoms with Crippen molar-refractivity contribution in [2.45, 2.75) is 32.4 Å². The number of carboxylic acid groups (broad SMARTS) is 1.